The van der Waals surface area contributed by atoms with Crippen LogP contribution in [0, 0.1) is 5.82 Å². The normalized spacial score (nSPS) is 18.3. The van der Waals surface area contributed by atoms with Crippen LogP contribution >= 0.6 is 0 Å². The molecule has 1 fully saturated rings. The lowest BCUT2D eigenvalue weighted by Gasteiger charge is -2.34. The van der Waals surface area contributed by atoms with E-state index in [2.05, 4.69) is 20.6 Å². The lowest BCUT2D eigenvalue weighted by atomic mass is 10.0. The molecule has 1 aromatic carbocycles. The number of urea groups is 1. The number of sulfone groups is 1. The molecule has 1 atom stereocenters. The molecular weight excluding hydrogens is 595 g/mol. The second-order valence-corrected chi connectivity index (χ2v) is 14.4. The number of hydrogen-bond acceptors (Lipinski definition) is 9. The van der Waals surface area contributed by atoms with Gasteiger partial charge in [-0.15, -0.1) is 0 Å². The number of aromatic nitrogens is 2. The van der Waals surface area contributed by atoms with Crippen LogP contribution in [0.4, 0.5) is 19.7 Å². The van der Waals surface area contributed by atoms with E-state index in [1.165, 1.54) is 17.0 Å². The Morgan fingerprint density at radius 2 is 1.93 bits per heavy atom. The average molecular weight is 635 g/mol. The summed E-state index contributed by atoms with van der Waals surface area (Å²) in [6, 6.07) is 2.79. The third-order valence-electron chi connectivity index (χ3n) is 6.90. The van der Waals surface area contributed by atoms with Crippen molar-refractivity contribution in [1.82, 2.24) is 25.1 Å². The van der Waals surface area contributed by atoms with Crippen molar-refractivity contribution in [3.8, 4) is 17.1 Å². The van der Waals surface area contributed by atoms with Crippen LogP contribution in [0.25, 0.3) is 11.3 Å². The maximum absolute atomic E-state index is 15.2. The van der Waals surface area contributed by atoms with Crippen molar-refractivity contribution in [3.63, 3.8) is 0 Å². The van der Waals surface area contributed by atoms with E-state index in [0.29, 0.717) is 19.5 Å². The lowest BCUT2D eigenvalue weighted by Crippen LogP contribution is -2.50. The number of nitrogens with zero attached hydrogens (tertiary/aromatic N) is 4. The van der Waals surface area contributed by atoms with Gasteiger partial charge < -0.3 is 29.9 Å². The van der Waals surface area contributed by atoms with Gasteiger partial charge in [0.2, 0.25) is 15.7 Å². The fraction of sp³-hybridized carbons (Fsp3) is 0.552. The molecule has 2 aromatic rings. The molecule has 2 aliphatic rings. The average Bonchev–Trinajstić information content (AvgIpc) is 3.32. The molecule has 4 rings (SSSR count). The number of amides is 4. The Morgan fingerprint density at radius 3 is 2.55 bits per heavy atom. The van der Waals surface area contributed by atoms with Crippen molar-refractivity contribution in [2.45, 2.75) is 76.8 Å². The van der Waals surface area contributed by atoms with Gasteiger partial charge in [0.25, 0.3) is 11.1 Å². The maximum Gasteiger partial charge on any atom is 0.410 e. The molecular formula is C29H39FN6O7S. The number of rotatable bonds is 6. The van der Waals surface area contributed by atoms with Crippen molar-refractivity contribution < 1.29 is 36.7 Å². The van der Waals surface area contributed by atoms with Crippen LogP contribution in [0.5, 0.6) is 5.88 Å². The Balaban J connectivity index is 1.78. The number of benzene rings is 1. The second kappa shape index (κ2) is 12.2. The van der Waals surface area contributed by atoms with Crippen LogP contribution in [0.15, 0.2) is 23.4 Å². The molecule has 0 bridgehead atoms. The minimum Gasteiger partial charge on any atom is -0.469 e. The minimum absolute atomic E-state index is 0.0698. The highest BCUT2D eigenvalue weighted by molar-refractivity contribution is 7.90. The molecule has 0 spiro atoms. The summed E-state index contributed by atoms with van der Waals surface area (Å²) >= 11 is 0. The number of likely N-dealkylation sites (tertiary alicyclic amines) is 1. The Bertz CT molecular complexity index is 1570. The smallest absolute Gasteiger partial charge is 0.410 e. The number of carbonyl (C=O) groups excluding carboxylic acids is 3. The summed E-state index contributed by atoms with van der Waals surface area (Å²) in [7, 11) is -3.98. The first-order valence-corrected chi connectivity index (χ1v) is 16.2. The second-order valence-electron chi connectivity index (χ2n) is 12.5. The molecule has 3 heterocycles. The van der Waals surface area contributed by atoms with Crippen molar-refractivity contribution in [1.29, 1.82) is 0 Å². The van der Waals surface area contributed by atoms with E-state index in [1.54, 1.807) is 46.4 Å². The van der Waals surface area contributed by atoms with Crippen LogP contribution in [-0.2, 0) is 14.6 Å². The van der Waals surface area contributed by atoms with Crippen LogP contribution in [0.3, 0.4) is 0 Å². The van der Waals surface area contributed by atoms with Gasteiger partial charge in [0.15, 0.2) is 0 Å². The van der Waals surface area contributed by atoms with Gasteiger partial charge >= 0.3 is 12.1 Å². The zero-order valence-electron chi connectivity index (χ0n) is 26.0. The predicted molar refractivity (Wildman–Crippen MR) is 160 cm³/mol. The summed E-state index contributed by atoms with van der Waals surface area (Å²) in [5, 5.41) is 4.30. The number of carbonyl (C=O) groups is 3. The Labute approximate surface area is 256 Å². The zero-order chi connectivity index (χ0) is 32.6. The number of halogens is 1. The first kappa shape index (κ1) is 32.9. The van der Waals surface area contributed by atoms with E-state index in [1.807, 2.05) is 0 Å². The molecule has 0 saturated carbocycles. The first-order chi connectivity index (χ1) is 20.4. The summed E-state index contributed by atoms with van der Waals surface area (Å²) in [4.78, 5) is 50.6. The number of anilines is 1. The molecule has 13 nitrogen and oxygen atoms in total. The highest BCUT2D eigenvalue weighted by Crippen LogP contribution is 2.37. The van der Waals surface area contributed by atoms with Gasteiger partial charge in [-0.3, -0.25) is 4.79 Å². The summed E-state index contributed by atoms with van der Waals surface area (Å²) in [5.41, 5.74) is -2.07. The SMILES string of the molecule is CCNC(=O)Nc1ccc(-c2nc(S(C)(=O)=O)nc3c2C(=O)N(C[C@@H]2CCCN2C(=O)OC(C)(C)C)CC(C)(C)O3)cc1F. The molecule has 240 valence electrons. The van der Waals surface area contributed by atoms with E-state index >= 15 is 4.39 Å². The Morgan fingerprint density at radius 1 is 1.23 bits per heavy atom. The van der Waals surface area contributed by atoms with Crippen LogP contribution < -0.4 is 15.4 Å². The number of fused-ring (bicyclic) bond motifs is 1. The maximum atomic E-state index is 15.2. The van der Waals surface area contributed by atoms with E-state index in [-0.39, 0.29) is 47.5 Å². The third-order valence-corrected chi connectivity index (χ3v) is 7.74. The standard InChI is InChI=1S/C29H39FN6O7S/c1-8-31-25(38)32-20-12-11-17(14-19(20)30)22-21-23(34-26(33-22)44(7,40)41)42-29(5,6)16-35(24(21)37)15-18-10-9-13-36(18)27(39)43-28(2,3)4/h11-12,14,18H,8-10,13,15-16H2,1-7H3,(H2,31,32,38)/t18-/m0/s1. The first-order valence-electron chi connectivity index (χ1n) is 14.3. The molecule has 4 amide bonds. The predicted octanol–water partition coefficient (Wildman–Crippen LogP) is 3.84. The molecule has 2 aliphatic heterocycles. The topological polar surface area (TPSA) is 160 Å². The zero-order valence-corrected chi connectivity index (χ0v) is 26.8. The summed E-state index contributed by atoms with van der Waals surface area (Å²) in [5.74, 6) is -1.66. The third kappa shape index (κ3) is 7.55. The van der Waals surface area contributed by atoms with Crippen LogP contribution in [0.1, 0.15) is 64.7 Å². The number of ether oxygens (including phenoxy) is 2. The minimum atomic E-state index is -3.98. The van der Waals surface area contributed by atoms with Crippen LogP contribution in [-0.4, -0.2) is 95.9 Å². The van der Waals surface area contributed by atoms with Crippen LogP contribution in [0.2, 0.25) is 0 Å². The molecule has 1 saturated heterocycles. The fourth-order valence-electron chi connectivity index (χ4n) is 5.12. The molecule has 2 N–H and O–H groups in total. The van der Waals surface area contributed by atoms with Gasteiger partial charge in [-0.05, 0) is 66.5 Å². The van der Waals surface area contributed by atoms with E-state index in [9.17, 15) is 22.8 Å². The quantitative estimate of drug-likeness (QED) is 0.450. The number of nitrogens with one attached hydrogen (secondary N) is 2. The van der Waals surface area contributed by atoms with E-state index in [0.717, 1.165) is 18.7 Å². The highest BCUT2D eigenvalue weighted by atomic mass is 32.2. The summed E-state index contributed by atoms with van der Waals surface area (Å²) in [6.45, 7) is 11.5. The van der Waals surface area contributed by atoms with E-state index < -0.39 is 50.0 Å². The Hall–Kier alpha value is -4.01. The molecule has 1 aromatic heterocycles. The van der Waals surface area contributed by atoms with Gasteiger partial charge in [-0.1, -0.05) is 6.07 Å². The van der Waals surface area contributed by atoms with Crippen molar-refractivity contribution in [3.05, 3.63) is 29.6 Å². The van der Waals surface area contributed by atoms with Gasteiger partial charge in [-0.25, -0.2) is 27.4 Å². The molecule has 0 unspecified atom stereocenters. The molecule has 44 heavy (non-hydrogen) atoms. The lowest BCUT2D eigenvalue weighted by molar-refractivity contribution is 0.0158. The largest absolute Gasteiger partial charge is 0.469 e. The number of hydrogen-bond donors (Lipinski definition) is 2. The monoisotopic (exact) mass is 634 g/mol. The van der Waals surface area contributed by atoms with Gasteiger partial charge in [-0.2, -0.15) is 4.98 Å². The highest BCUT2D eigenvalue weighted by Gasteiger charge is 2.41. The molecule has 15 heteroatoms. The van der Waals surface area contributed by atoms with Gasteiger partial charge in [0.05, 0.1) is 24.0 Å². The summed E-state index contributed by atoms with van der Waals surface area (Å²) < 4.78 is 52.1. The Kier molecular flexibility index (Phi) is 9.10. The van der Waals surface area contributed by atoms with Crippen molar-refractivity contribution in [2.24, 2.45) is 0 Å². The van der Waals surface area contributed by atoms with E-state index in [4.69, 9.17) is 9.47 Å². The summed E-state index contributed by atoms with van der Waals surface area (Å²) in [6.07, 6.45) is 1.81. The van der Waals surface area contributed by atoms with Gasteiger partial charge in [0, 0.05) is 31.5 Å². The molecule has 0 radical (unpaired) electrons. The van der Waals surface area contributed by atoms with Crippen molar-refractivity contribution in [2.75, 3.05) is 37.8 Å². The molecule has 0 aliphatic carbocycles. The van der Waals surface area contributed by atoms with Crippen molar-refractivity contribution >= 4 is 33.6 Å². The van der Waals surface area contributed by atoms with Gasteiger partial charge in [0.1, 0.15) is 22.6 Å². The fourth-order valence-corrected chi connectivity index (χ4v) is 5.63.